The molecule has 0 atom stereocenters. The van der Waals surface area contributed by atoms with Gasteiger partial charge in [0, 0.05) is 11.8 Å². The molecule has 0 radical (unpaired) electrons. The molecule has 0 bridgehead atoms. The van der Waals surface area contributed by atoms with E-state index in [-0.39, 0.29) is 22.0 Å². The van der Waals surface area contributed by atoms with Crippen LogP contribution >= 0.6 is 11.6 Å². The molecule has 0 saturated heterocycles. The van der Waals surface area contributed by atoms with Crippen LogP contribution in [0.25, 0.3) is 11.1 Å². The van der Waals surface area contributed by atoms with E-state index in [2.05, 4.69) is 5.32 Å². The number of carbonyl (C=O) groups excluding carboxylic acids is 2. The third-order valence-electron chi connectivity index (χ3n) is 4.15. The maximum Gasteiger partial charge on any atom is 0.342 e. The van der Waals surface area contributed by atoms with Gasteiger partial charge in [-0.3, -0.25) is 4.79 Å². The lowest BCUT2D eigenvalue weighted by Gasteiger charge is -2.11. The number of halogens is 1. The van der Waals surface area contributed by atoms with Gasteiger partial charge in [-0.1, -0.05) is 54.1 Å². The highest BCUT2D eigenvalue weighted by atomic mass is 35.5. The van der Waals surface area contributed by atoms with Crippen LogP contribution in [0, 0.1) is 0 Å². The molecule has 0 heterocycles. The summed E-state index contributed by atoms with van der Waals surface area (Å²) in [6.07, 6.45) is 0. The van der Waals surface area contributed by atoms with E-state index in [1.807, 2.05) is 42.5 Å². The topological polar surface area (TPSA) is 90.7 Å². The van der Waals surface area contributed by atoms with Crippen molar-refractivity contribution in [1.29, 1.82) is 0 Å². The molecule has 0 fully saturated rings. The van der Waals surface area contributed by atoms with Gasteiger partial charge in [-0.15, -0.1) is 0 Å². The third kappa shape index (κ3) is 5.06. The molecule has 0 aliphatic heterocycles. The van der Waals surface area contributed by atoms with Crippen LogP contribution in [0.2, 0.25) is 5.02 Å². The molecule has 1 amide bonds. The zero-order chi connectivity index (χ0) is 20.8. The fraction of sp³-hybridized carbons (Fsp3) is 0.0909. The van der Waals surface area contributed by atoms with Gasteiger partial charge in [-0.25, -0.2) is 4.79 Å². The first-order valence-electron chi connectivity index (χ1n) is 8.73. The number of amides is 1. The second-order valence-corrected chi connectivity index (χ2v) is 6.55. The Kier molecular flexibility index (Phi) is 6.36. The van der Waals surface area contributed by atoms with Crippen LogP contribution in [0.4, 0.5) is 11.4 Å². The van der Waals surface area contributed by atoms with Crippen molar-refractivity contribution in [1.82, 2.24) is 0 Å². The molecule has 7 heteroatoms. The van der Waals surface area contributed by atoms with Crippen molar-refractivity contribution in [3.63, 3.8) is 0 Å². The van der Waals surface area contributed by atoms with Crippen molar-refractivity contribution in [3.05, 3.63) is 77.3 Å². The summed E-state index contributed by atoms with van der Waals surface area (Å²) in [6.45, 7) is -0.454. The molecule has 0 aromatic heterocycles. The highest BCUT2D eigenvalue weighted by molar-refractivity contribution is 6.33. The van der Waals surface area contributed by atoms with Gasteiger partial charge in [0.05, 0.1) is 17.8 Å². The summed E-state index contributed by atoms with van der Waals surface area (Å²) in [5.74, 6) is -0.988. The minimum atomic E-state index is -0.738. The molecular formula is C22H19ClN2O4. The van der Waals surface area contributed by atoms with Gasteiger partial charge < -0.3 is 20.5 Å². The van der Waals surface area contributed by atoms with Gasteiger partial charge in [0.25, 0.3) is 5.91 Å². The van der Waals surface area contributed by atoms with Crippen molar-refractivity contribution in [2.75, 3.05) is 24.8 Å². The van der Waals surface area contributed by atoms with Crippen molar-refractivity contribution < 1.29 is 19.1 Å². The van der Waals surface area contributed by atoms with Gasteiger partial charge in [-0.05, 0) is 29.3 Å². The van der Waals surface area contributed by atoms with E-state index in [0.717, 1.165) is 11.1 Å². The van der Waals surface area contributed by atoms with Crippen LogP contribution in [-0.4, -0.2) is 25.6 Å². The lowest BCUT2D eigenvalue weighted by molar-refractivity contribution is -0.119. The van der Waals surface area contributed by atoms with E-state index in [9.17, 15) is 9.59 Å². The molecule has 0 saturated carbocycles. The Morgan fingerprint density at radius 2 is 1.66 bits per heavy atom. The lowest BCUT2D eigenvalue weighted by Crippen LogP contribution is -2.21. The molecule has 0 aliphatic carbocycles. The largest absolute Gasteiger partial charge is 0.496 e. The number of rotatable bonds is 6. The first-order valence-corrected chi connectivity index (χ1v) is 9.11. The first-order chi connectivity index (χ1) is 14.0. The molecule has 29 heavy (non-hydrogen) atoms. The number of nitrogens with one attached hydrogen (secondary N) is 1. The zero-order valence-electron chi connectivity index (χ0n) is 15.6. The van der Waals surface area contributed by atoms with Crippen LogP contribution < -0.4 is 15.8 Å². The Bertz CT molecular complexity index is 1020. The number of hydrogen-bond donors (Lipinski definition) is 2. The predicted molar refractivity (Wildman–Crippen MR) is 113 cm³/mol. The molecular weight excluding hydrogens is 392 g/mol. The summed E-state index contributed by atoms with van der Waals surface area (Å²) in [4.78, 5) is 24.4. The van der Waals surface area contributed by atoms with Crippen LogP contribution in [0.5, 0.6) is 5.75 Å². The smallest absolute Gasteiger partial charge is 0.342 e. The molecule has 3 aromatic carbocycles. The highest BCUT2D eigenvalue weighted by Gasteiger charge is 2.17. The van der Waals surface area contributed by atoms with E-state index < -0.39 is 18.5 Å². The van der Waals surface area contributed by atoms with Crippen molar-refractivity contribution in [3.8, 4) is 16.9 Å². The normalized spacial score (nSPS) is 10.3. The maximum atomic E-state index is 12.3. The molecule has 3 N–H and O–H groups in total. The fourth-order valence-corrected chi connectivity index (χ4v) is 2.84. The molecule has 0 aliphatic rings. The number of esters is 1. The van der Waals surface area contributed by atoms with Crippen molar-refractivity contribution >= 4 is 34.9 Å². The third-order valence-corrected chi connectivity index (χ3v) is 4.48. The summed E-state index contributed by atoms with van der Waals surface area (Å²) >= 11 is 5.95. The van der Waals surface area contributed by atoms with Crippen LogP contribution in [-0.2, 0) is 9.53 Å². The van der Waals surface area contributed by atoms with Gasteiger partial charge in [0.2, 0.25) is 0 Å². The number of benzene rings is 3. The number of hydrogen-bond acceptors (Lipinski definition) is 5. The van der Waals surface area contributed by atoms with Gasteiger partial charge >= 0.3 is 5.97 Å². The quantitative estimate of drug-likeness (QED) is 0.464. The number of ether oxygens (including phenoxy) is 2. The predicted octanol–water partition coefficient (Wildman–Crippen LogP) is 4.39. The fourth-order valence-electron chi connectivity index (χ4n) is 2.68. The van der Waals surface area contributed by atoms with Gasteiger partial charge in [0.1, 0.15) is 11.3 Å². The SMILES string of the molecule is COc1cc(N)c(Cl)cc1C(=O)OCC(=O)Nc1ccc(-c2ccccc2)cc1. The molecule has 0 spiro atoms. The lowest BCUT2D eigenvalue weighted by atomic mass is 10.1. The molecule has 3 rings (SSSR count). The summed E-state index contributed by atoms with van der Waals surface area (Å²) in [7, 11) is 1.39. The second kappa shape index (κ2) is 9.12. The Balaban J connectivity index is 1.59. The average molecular weight is 411 g/mol. The summed E-state index contributed by atoms with van der Waals surface area (Å²) in [6, 6.07) is 20.0. The maximum absolute atomic E-state index is 12.3. The number of nitrogen functional groups attached to an aromatic ring is 1. The minimum Gasteiger partial charge on any atom is -0.496 e. The monoisotopic (exact) mass is 410 g/mol. The minimum absolute atomic E-state index is 0.0896. The van der Waals surface area contributed by atoms with E-state index >= 15 is 0 Å². The van der Waals surface area contributed by atoms with E-state index in [1.54, 1.807) is 12.1 Å². The molecule has 3 aromatic rings. The van der Waals surface area contributed by atoms with E-state index in [0.29, 0.717) is 5.69 Å². The van der Waals surface area contributed by atoms with Crippen molar-refractivity contribution in [2.24, 2.45) is 0 Å². The summed E-state index contributed by atoms with van der Waals surface area (Å²) in [5, 5.41) is 2.88. The number of anilines is 2. The number of nitrogens with two attached hydrogens (primary N) is 1. The Morgan fingerprint density at radius 1 is 1.00 bits per heavy atom. The highest BCUT2D eigenvalue weighted by Crippen LogP contribution is 2.29. The number of methoxy groups -OCH3 is 1. The van der Waals surface area contributed by atoms with Crippen LogP contribution in [0.1, 0.15) is 10.4 Å². The van der Waals surface area contributed by atoms with E-state index in [1.165, 1.54) is 19.2 Å². The average Bonchev–Trinajstić information content (AvgIpc) is 2.74. The first kappa shape index (κ1) is 20.2. The second-order valence-electron chi connectivity index (χ2n) is 6.14. The van der Waals surface area contributed by atoms with Crippen molar-refractivity contribution in [2.45, 2.75) is 0 Å². The Labute approximate surface area is 173 Å². The zero-order valence-corrected chi connectivity index (χ0v) is 16.4. The van der Waals surface area contributed by atoms with E-state index in [4.69, 9.17) is 26.8 Å². The number of carbonyl (C=O) groups is 2. The summed E-state index contributed by atoms with van der Waals surface area (Å²) < 4.78 is 10.2. The van der Waals surface area contributed by atoms with Gasteiger partial charge in [0.15, 0.2) is 6.61 Å². The summed E-state index contributed by atoms with van der Waals surface area (Å²) in [5.41, 5.74) is 8.76. The standard InChI is InChI=1S/C22H19ClN2O4/c1-28-20-12-19(24)18(23)11-17(20)22(27)29-13-21(26)25-16-9-7-15(8-10-16)14-5-3-2-4-6-14/h2-12H,13,24H2,1H3,(H,25,26). The Morgan fingerprint density at radius 3 is 2.31 bits per heavy atom. The van der Waals surface area contributed by atoms with Crippen LogP contribution in [0.3, 0.4) is 0 Å². The molecule has 148 valence electrons. The van der Waals surface area contributed by atoms with Crippen LogP contribution in [0.15, 0.2) is 66.7 Å². The van der Waals surface area contributed by atoms with Gasteiger partial charge in [-0.2, -0.15) is 0 Å². The molecule has 6 nitrogen and oxygen atoms in total. The molecule has 0 unspecified atom stereocenters. The Hall–Kier alpha value is -3.51.